The fourth-order valence-electron chi connectivity index (χ4n) is 2.01. The van der Waals surface area contributed by atoms with Crippen LogP contribution in [0.5, 0.6) is 0 Å². The van der Waals surface area contributed by atoms with E-state index in [1.807, 2.05) is 26.8 Å². The van der Waals surface area contributed by atoms with E-state index in [4.69, 9.17) is 0 Å². The largest absolute Gasteiger partial charge is 0.102 e. The van der Waals surface area contributed by atoms with Crippen LogP contribution in [0.3, 0.4) is 0 Å². The fraction of sp³-hybridized carbons (Fsp3) is 0.500. The number of hydrogen-bond acceptors (Lipinski definition) is 0. The van der Waals surface area contributed by atoms with Gasteiger partial charge in [-0.1, -0.05) is 135 Å². The third-order valence-electron chi connectivity index (χ3n) is 3.96. The average Bonchev–Trinajstić information content (AvgIpc) is 2.71. The molecule has 0 heterocycles. The van der Waals surface area contributed by atoms with Crippen LogP contribution in [0, 0.1) is 26.2 Å². The Morgan fingerprint density at radius 3 is 1.59 bits per heavy atom. The normalized spacial score (nSPS) is 10.3. The van der Waals surface area contributed by atoms with E-state index in [0.717, 1.165) is 5.57 Å². The molecule has 0 aliphatic rings. The molecule has 0 saturated heterocycles. The molecule has 0 aliphatic heterocycles. The molecule has 0 aromatic heterocycles. The van der Waals surface area contributed by atoms with Gasteiger partial charge in [0.2, 0.25) is 0 Å². The molecule has 0 aliphatic carbocycles. The molecule has 0 bridgehead atoms. The van der Waals surface area contributed by atoms with Crippen molar-refractivity contribution in [1.82, 2.24) is 0 Å². The maximum Gasteiger partial charge on any atom is -0.00131 e. The van der Waals surface area contributed by atoms with Gasteiger partial charge in [0.1, 0.15) is 0 Å². The Morgan fingerprint density at radius 1 is 0.875 bits per heavy atom. The van der Waals surface area contributed by atoms with E-state index in [9.17, 15) is 0 Å². The van der Waals surface area contributed by atoms with Crippen LogP contribution in [0.25, 0.3) is 5.57 Å². The zero-order chi connectivity index (χ0) is 25.9. The molecule has 0 spiro atoms. The first-order valence-electron chi connectivity index (χ1n) is 12.2. The number of aryl methyl sites for hydroxylation is 3. The standard InChI is InChI=1S/2C11H14.C5H12.C3H8.C2H6/c1-8(2)11-6-5-9(3)10(4)7-11;1-4-10(3)11-7-5-9(2)6-8-11;1-5(2,3)4;1-3-2;1-2/h5-7H,1H2,2-4H3;4-8,10H,1H2,2-3H3;1-4H3;3H2,1-2H3;1-2H3. The number of hydrogen-bond donors (Lipinski definition) is 0. The summed E-state index contributed by atoms with van der Waals surface area (Å²) in [5.74, 6) is 0.468. The van der Waals surface area contributed by atoms with Crippen LogP contribution in [0.4, 0.5) is 0 Å². The number of allylic oxidation sites excluding steroid dienone is 2. The van der Waals surface area contributed by atoms with Crippen molar-refractivity contribution in [2.75, 3.05) is 0 Å². The topological polar surface area (TPSA) is 0 Å². The molecule has 2 aromatic carbocycles. The van der Waals surface area contributed by atoms with Gasteiger partial charge in [-0.15, -0.1) is 6.58 Å². The van der Waals surface area contributed by atoms with Gasteiger partial charge in [0, 0.05) is 0 Å². The minimum absolute atomic E-state index is 0.468. The molecule has 0 nitrogen and oxygen atoms in total. The van der Waals surface area contributed by atoms with Crippen molar-refractivity contribution in [3.8, 4) is 0 Å². The second-order valence-corrected chi connectivity index (χ2v) is 9.72. The Kier molecular flexibility index (Phi) is 21.1. The lowest BCUT2D eigenvalue weighted by atomic mass is 10.0. The smallest absolute Gasteiger partial charge is 0.00131 e. The summed E-state index contributed by atoms with van der Waals surface area (Å²) in [7, 11) is 0. The van der Waals surface area contributed by atoms with Gasteiger partial charge in [0.05, 0.1) is 0 Å². The van der Waals surface area contributed by atoms with E-state index < -0.39 is 0 Å². The molecule has 0 radical (unpaired) electrons. The molecular weight excluding hydrogens is 384 g/mol. The molecule has 1 atom stereocenters. The Balaban J connectivity index is -0.000000376. The van der Waals surface area contributed by atoms with Crippen LogP contribution >= 0.6 is 0 Å². The van der Waals surface area contributed by atoms with Gasteiger partial charge < -0.3 is 0 Å². The summed E-state index contributed by atoms with van der Waals surface area (Å²) in [6, 6.07) is 15.0. The summed E-state index contributed by atoms with van der Waals surface area (Å²) in [6.45, 7) is 35.2. The molecule has 0 heteroatoms. The van der Waals surface area contributed by atoms with Gasteiger partial charge in [0.25, 0.3) is 0 Å². The third kappa shape index (κ3) is 21.2. The average molecular weight is 439 g/mol. The van der Waals surface area contributed by atoms with Crippen LogP contribution in [0.1, 0.15) is 109 Å². The van der Waals surface area contributed by atoms with Gasteiger partial charge in [-0.2, -0.15) is 0 Å². The third-order valence-corrected chi connectivity index (χ3v) is 3.96. The Labute approximate surface area is 202 Å². The van der Waals surface area contributed by atoms with Crippen molar-refractivity contribution in [2.24, 2.45) is 5.41 Å². The highest BCUT2D eigenvalue weighted by molar-refractivity contribution is 5.62. The van der Waals surface area contributed by atoms with E-state index in [-0.39, 0.29) is 0 Å². The summed E-state index contributed by atoms with van der Waals surface area (Å²) in [5, 5.41) is 0. The van der Waals surface area contributed by atoms with Gasteiger partial charge >= 0.3 is 0 Å². The highest BCUT2D eigenvalue weighted by atomic mass is 14.0. The lowest BCUT2D eigenvalue weighted by molar-refractivity contribution is 0.469. The lowest BCUT2D eigenvalue weighted by Crippen LogP contribution is -1.93. The van der Waals surface area contributed by atoms with E-state index in [1.165, 1.54) is 34.2 Å². The van der Waals surface area contributed by atoms with Crippen molar-refractivity contribution >= 4 is 5.57 Å². The first-order valence-corrected chi connectivity index (χ1v) is 12.2. The zero-order valence-corrected chi connectivity index (χ0v) is 23.8. The first-order chi connectivity index (χ1) is 14.8. The fourth-order valence-corrected chi connectivity index (χ4v) is 2.01. The lowest BCUT2D eigenvalue weighted by Gasteiger charge is -2.05. The summed E-state index contributed by atoms with van der Waals surface area (Å²) >= 11 is 0. The molecule has 182 valence electrons. The predicted molar refractivity (Wildman–Crippen MR) is 153 cm³/mol. The van der Waals surface area contributed by atoms with Gasteiger partial charge in [-0.05, 0) is 61.3 Å². The molecule has 0 amide bonds. The van der Waals surface area contributed by atoms with Crippen LogP contribution < -0.4 is 0 Å². The Bertz CT molecular complexity index is 718. The van der Waals surface area contributed by atoms with E-state index >= 15 is 0 Å². The predicted octanol–water partition coefficient (Wildman–Crippen LogP) is 11.1. The number of benzene rings is 2. The number of rotatable bonds is 3. The van der Waals surface area contributed by atoms with Gasteiger partial charge in [-0.3, -0.25) is 0 Å². The van der Waals surface area contributed by atoms with Crippen molar-refractivity contribution < 1.29 is 0 Å². The van der Waals surface area contributed by atoms with E-state index in [0.29, 0.717) is 11.3 Å². The van der Waals surface area contributed by atoms with E-state index in [2.05, 4.69) is 125 Å². The summed E-state index contributed by atoms with van der Waals surface area (Å²) in [5.41, 5.74) is 8.21. The van der Waals surface area contributed by atoms with Gasteiger partial charge in [-0.25, -0.2) is 0 Å². The Morgan fingerprint density at radius 2 is 1.28 bits per heavy atom. The molecule has 32 heavy (non-hydrogen) atoms. The molecule has 0 saturated carbocycles. The molecular formula is C32H54. The van der Waals surface area contributed by atoms with Crippen LogP contribution in [0.15, 0.2) is 61.7 Å². The molecule has 1 unspecified atom stereocenters. The van der Waals surface area contributed by atoms with Crippen LogP contribution in [-0.2, 0) is 0 Å². The van der Waals surface area contributed by atoms with Crippen LogP contribution in [0.2, 0.25) is 0 Å². The zero-order valence-electron chi connectivity index (χ0n) is 23.8. The first kappa shape index (κ1) is 34.5. The van der Waals surface area contributed by atoms with Crippen LogP contribution in [-0.4, -0.2) is 0 Å². The minimum Gasteiger partial charge on any atom is -0.102 e. The van der Waals surface area contributed by atoms with Crippen molar-refractivity contribution in [3.63, 3.8) is 0 Å². The molecule has 0 fully saturated rings. The highest BCUT2D eigenvalue weighted by Gasteiger charge is 1.98. The molecule has 2 aromatic rings. The SMILES string of the molecule is C=C(C)c1ccc(C)c(C)c1.C=CC(C)c1ccc(C)cc1.CC.CC(C)(C)C.CCC. The Hall–Kier alpha value is -2.08. The monoisotopic (exact) mass is 438 g/mol. The summed E-state index contributed by atoms with van der Waals surface area (Å²) in [6.07, 6.45) is 3.21. The molecule has 0 N–H and O–H groups in total. The van der Waals surface area contributed by atoms with Crippen molar-refractivity contribution in [2.45, 2.75) is 102 Å². The maximum absolute atomic E-state index is 3.90. The maximum atomic E-state index is 3.90. The highest BCUT2D eigenvalue weighted by Crippen LogP contribution is 2.16. The second-order valence-electron chi connectivity index (χ2n) is 9.72. The van der Waals surface area contributed by atoms with Gasteiger partial charge in [0.15, 0.2) is 0 Å². The quantitative estimate of drug-likeness (QED) is 0.418. The molecule has 2 rings (SSSR count). The second kappa shape index (κ2) is 19.6. The summed E-state index contributed by atoms with van der Waals surface area (Å²) < 4.78 is 0. The van der Waals surface area contributed by atoms with E-state index in [1.54, 1.807) is 0 Å². The van der Waals surface area contributed by atoms with Crippen molar-refractivity contribution in [3.05, 3.63) is 89.5 Å². The summed E-state index contributed by atoms with van der Waals surface area (Å²) in [4.78, 5) is 0. The van der Waals surface area contributed by atoms with Crippen molar-refractivity contribution in [1.29, 1.82) is 0 Å². The minimum atomic E-state index is 0.468.